The van der Waals surface area contributed by atoms with E-state index in [0.717, 1.165) is 170 Å². The van der Waals surface area contributed by atoms with Gasteiger partial charge in [-0.1, -0.05) is 313 Å². The third-order valence-electron chi connectivity index (χ3n) is 25.7. The molecule has 20 nitrogen and oxygen atoms in total. The quantitative estimate of drug-likeness (QED) is 0.0113. The zero-order valence-corrected chi connectivity index (χ0v) is 90.3. The third kappa shape index (κ3) is 42.6. The normalized spacial score (nSPS) is 14.8. The predicted octanol–water partition coefficient (Wildman–Crippen LogP) is 31.8. The largest absolute Gasteiger partial charge is 0.338 e. The Bertz CT molecular complexity index is 5930. The first-order valence-electron chi connectivity index (χ1n) is 52.7. The van der Waals surface area contributed by atoms with Gasteiger partial charge in [-0.25, -0.2) is 24.0 Å². The van der Waals surface area contributed by atoms with Gasteiger partial charge in [0.1, 0.15) is 28.6 Å². The smallest absolute Gasteiger partial charge is 0.318 e. The fraction of sp³-hybridized carbons (Fsp3) is 0.390. The fourth-order valence-electron chi connectivity index (χ4n) is 15.7. The third-order valence-corrected chi connectivity index (χ3v) is 30.8. The van der Waals surface area contributed by atoms with E-state index in [0.29, 0.717) is 113 Å². The van der Waals surface area contributed by atoms with E-state index in [2.05, 4.69) is 88.2 Å². The van der Waals surface area contributed by atoms with Crippen LogP contribution in [0.3, 0.4) is 0 Å². The second-order valence-electron chi connectivity index (χ2n) is 39.2. The van der Waals surface area contributed by atoms with Crippen LogP contribution in [0.2, 0.25) is 0 Å². The number of oxime groups is 5. The van der Waals surface area contributed by atoms with Gasteiger partial charge in [-0.15, -0.1) is 0 Å². The van der Waals surface area contributed by atoms with Crippen LogP contribution in [0.1, 0.15) is 306 Å². The van der Waals surface area contributed by atoms with Gasteiger partial charge in [-0.2, -0.15) is 0 Å². The molecule has 6 aliphatic carbocycles. The number of carbonyl (C=O) groups excluding carboxylic acids is 10. The molecule has 25 heteroatoms. The minimum Gasteiger partial charge on any atom is -0.318 e. The van der Waals surface area contributed by atoms with Crippen LogP contribution < -0.4 is 0 Å². The molecule has 0 amide bonds. The van der Waals surface area contributed by atoms with Gasteiger partial charge in [0.2, 0.25) is 28.9 Å². The van der Waals surface area contributed by atoms with Crippen molar-refractivity contribution in [2.24, 2.45) is 79.0 Å². The molecule has 148 heavy (non-hydrogen) atoms. The Morgan fingerprint density at radius 2 is 0.581 bits per heavy atom. The summed E-state index contributed by atoms with van der Waals surface area (Å²) in [6.07, 6.45) is 31.1. The molecule has 0 N–H and O–H groups in total. The molecule has 1 atom stereocenters. The van der Waals surface area contributed by atoms with Gasteiger partial charge in [-0.05, 0) is 320 Å². The van der Waals surface area contributed by atoms with Gasteiger partial charge >= 0.3 is 29.8 Å². The molecule has 0 aliphatic heterocycles. The van der Waals surface area contributed by atoms with Gasteiger partial charge in [-0.3, -0.25) is 24.0 Å². The second-order valence-corrected chi connectivity index (χ2v) is 44.9. The molecule has 10 aromatic carbocycles. The molecule has 6 saturated carbocycles. The monoisotopic (exact) mass is 2090 g/mol. The molecular formula is C123H139N5O15S5. The summed E-state index contributed by atoms with van der Waals surface area (Å²) in [5.41, 5.74) is 4.55. The number of unbranched alkanes of at least 4 members (excludes halogenated alkanes) is 5. The van der Waals surface area contributed by atoms with Crippen LogP contribution in [-0.2, 0) is 48.2 Å². The lowest BCUT2D eigenvalue weighted by atomic mass is 9.81. The summed E-state index contributed by atoms with van der Waals surface area (Å²) in [6.45, 7) is 13.1. The fourth-order valence-corrected chi connectivity index (χ4v) is 19.9. The minimum atomic E-state index is -0.515. The zero-order valence-electron chi connectivity index (χ0n) is 86.2. The first kappa shape index (κ1) is 115. The van der Waals surface area contributed by atoms with Gasteiger partial charge in [0.25, 0.3) is 0 Å². The Morgan fingerprint density at radius 3 is 0.892 bits per heavy atom. The first-order chi connectivity index (χ1) is 72.0. The summed E-state index contributed by atoms with van der Waals surface area (Å²) in [4.78, 5) is 161. The number of carbonyl (C=O) groups is 10. The molecule has 16 rings (SSSR count). The van der Waals surface area contributed by atoms with Gasteiger partial charge in [0.15, 0.2) is 0 Å². The Morgan fingerprint density at radius 1 is 0.284 bits per heavy atom. The van der Waals surface area contributed by atoms with Crippen LogP contribution in [0.4, 0.5) is 0 Å². The molecule has 776 valence electrons. The highest BCUT2D eigenvalue weighted by Crippen LogP contribution is 2.41. The van der Waals surface area contributed by atoms with Crippen molar-refractivity contribution in [3.8, 4) is 0 Å². The molecule has 10 aromatic rings. The lowest BCUT2D eigenvalue weighted by Crippen LogP contribution is -2.23. The summed E-state index contributed by atoms with van der Waals surface area (Å²) in [5.74, 6) is 0.121. The Kier molecular flexibility index (Phi) is 48.4. The number of benzene rings is 10. The molecule has 0 aromatic heterocycles. The Hall–Kier alpha value is -12.0. The number of hydrogen-bond donors (Lipinski definition) is 0. The van der Waals surface area contributed by atoms with Gasteiger partial charge < -0.3 is 24.2 Å². The lowest BCUT2D eigenvalue weighted by molar-refractivity contribution is -0.150. The first-order valence-corrected chi connectivity index (χ1v) is 56.8. The van der Waals surface area contributed by atoms with E-state index in [9.17, 15) is 47.9 Å². The summed E-state index contributed by atoms with van der Waals surface area (Å²) < 4.78 is 0. The number of nitrogens with zero attached hydrogens (tertiary/aromatic N) is 5. The lowest BCUT2D eigenvalue weighted by Gasteiger charge is -2.25. The van der Waals surface area contributed by atoms with E-state index < -0.39 is 11.9 Å². The number of hydrogen-bond acceptors (Lipinski definition) is 25. The molecule has 0 radical (unpaired) electrons. The summed E-state index contributed by atoms with van der Waals surface area (Å²) >= 11 is 8.25. The summed E-state index contributed by atoms with van der Waals surface area (Å²) in [7, 11) is 0. The minimum absolute atomic E-state index is 0.0316. The van der Waals surface area contributed by atoms with E-state index in [4.69, 9.17) is 24.2 Å². The average Bonchev–Trinajstić information content (AvgIpc) is 1.21. The SMILES string of the molecule is CC(=O)O/N=C(\CCC1CCC1)C(=O)c1ccc(Sc2ccccc2)cc1.CC(C)C(=O)O/N=C(\CCCC1CC1)C(=O)c1ccc(Sc2ccccc2)cc1.CCCCC(C(=O)O/N=C(\CC1CC1)C(=O)c1ccc(Sc2ccccc2)cc1)C(C)C.CCCCCCCC(=O)O/N=C(\CC1CC1)C(=O)c1ccc(Sc2ccccc2)cc1.O=C(/C(CCCC1CC1)=N/OC(=O)C1CC1)c1ccc(Sc2ccccc2)cc1. The number of ketones is 5. The molecule has 0 spiro atoms. The van der Waals surface area contributed by atoms with Crippen molar-refractivity contribution < 1.29 is 72.1 Å². The zero-order chi connectivity index (χ0) is 105. The van der Waals surface area contributed by atoms with Crippen molar-refractivity contribution in [3.05, 3.63) is 301 Å². The maximum atomic E-state index is 13.1. The highest BCUT2D eigenvalue weighted by Gasteiger charge is 2.35. The van der Waals surface area contributed by atoms with E-state index in [1.165, 1.54) is 64.7 Å². The molecule has 6 aliphatic rings. The van der Waals surface area contributed by atoms with Crippen LogP contribution in [0, 0.1) is 53.3 Å². The standard InChI is InChI=1S/C27H33NO3S.C26H31NO3S.C24H25NO3S.C24H27NO3S.C22H23NO3S/c1-4-5-11-24(19(2)3)27(30)31-28-25(18-20-12-13-20)26(29)21-14-16-23(17-15-21)32-22-9-7-6-8-10-22;1-2-3-4-5-9-12-25(28)30-27-24(19-20-13-14-20)26(29)21-15-17-23(18-16-21)31-22-10-7-6-8-11-22;26-23(18-13-15-21(16-14-18)29-20-6-2-1-3-7-20)22(8-4-5-17-9-10-17)25-28-24(27)19-11-12-19;1-17(2)24(27)28-25-22(10-6-7-18-11-12-18)23(26)19-13-15-21(16-14-19)29-20-8-4-3-5-9-20;1-16(24)26-23-21(15-10-17-6-5-7-17)22(25)18-11-13-20(14-12-18)27-19-8-3-2-4-9-19/h6-10,14-17,19-20,24H,4-5,11-13,18H2,1-3H3;6-8,10-11,15-18,20H,2-5,9,12-14,19H2,1H3;1-3,6-7,13-17,19H,4-5,8-12H2;3-5,8-9,13-18H,6-7,10-12H2,1-2H3;2-4,8-9,11-14,17H,5-7,10,15H2,1H3/b28-25+;27-24+;2*25-22+;23-21+. The molecule has 0 saturated heterocycles. The Labute approximate surface area is 894 Å². The van der Waals surface area contributed by atoms with Crippen LogP contribution >= 0.6 is 58.8 Å². The van der Waals surface area contributed by atoms with E-state index in [1.54, 1.807) is 84.8 Å². The van der Waals surface area contributed by atoms with Crippen LogP contribution in [-0.4, -0.2) is 87.3 Å². The Balaban J connectivity index is 0.000000164. The van der Waals surface area contributed by atoms with E-state index >= 15 is 0 Å². The van der Waals surface area contributed by atoms with Crippen molar-refractivity contribution >= 4 is 146 Å². The van der Waals surface area contributed by atoms with Gasteiger partial charge in [0.05, 0.1) is 17.8 Å². The van der Waals surface area contributed by atoms with Crippen molar-refractivity contribution in [2.45, 2.75) is 303 Å². The van der Waals surface area contributed by atoms with Crippen molar-refractivity contribution in [2.75, 3.05) is 0 Å². The second kappa shape index (κ2) is 62.5. The van der Waals surface area contributed by atoms with Crippen molar-refractivity contribution in [3.63, 3.8) is 0 Å². The van der Waals surface area contributed by atoms with Gasteiger partial charge in [0, 0.05) is 90.1 Å². The highest BCUT2D eigenvalue weighted by molar-refractivity contribution is 8.00. The van der Waals surface area contributed by atoms with E-state index in [1.807, 2.05) is 226 Å². The number of rotatable bonds is 53. The molecule has 0 bridgehead atoms. The van der Waals surface area contributed by atoms with Crippen LogP contribution in [0.5, 0.6) is 0 Å². The van der Waals surface area contributed by atoms with E-state index in [-0.39, 0.29) is 70.5 Å². The molecule has 1 unspecified atom stereocenters. The van der Waals surface area contributed by atoms with Crippen molar-refractivity contribution in [1.82, 2.24) is 0 Å². The van der Waals surface area contributed by atoms with Crippen LogP contribution in [0.25, 0.3) is 0 Å². The van der Waals surface area contributed by atoms with Crippen molar-refractivity contribution in [1.29, 1.82) is 0 Å². The highest BCUT2D eigenvalue weighted by atomic mass is 32.2. The maximum Gasteiger partial charge on any atom is 0.338 e. The topological polar surface area (TPSA) is 279 Å². The summed E-state index contributed by atoms with van der Waals surface area (Å²) in [6, 6.07) is 88.2. The summed E-state index contributed by atoms with van der Waals surface area (Å²) in [5, 5.41) is 19.8. The average molecular weight is 2090 g/mol. The predicted molar refractivity (Wildman–Crippen MR) is 593 cm³/mol. The maximum absolute atomic E-state index is 13.1. The molecule has 0 heterocycles. The molecular weight excluding hydrogens is 1950 g/mol. The molecule has 6 fully saturated rings. The van der Waals surface area contributed by atoms with Crippen LogP contribution in [0.15, 0.2) is 348 Å². The number of Topliss-reactive ketones (excluding diaryl/α,β-unsaturated/α-hetero) is 5.